The number of nitrogens with zero attached hydrogens (tertiary/aromatic N) is 2. The van der Waals surface area contributed by atoms with Crippen LogP contribution < -0.4 is 4.90 Å². The van der Waals surface area contributed by atoms with Crippen molar-refractivity contribution in [2.45, 2.75) is 25.0 Å². The Kier molecular flexibility index (Phi) is 3.02. The number of carbonyl (C=O) groups excluding carboxylic acids is 2. The van der Waals surface area contributed by atoms with Gasteiger partial charge in [-0.1, -0.05) is 18.2 Å². The Morgan fingerprint density at radius 1 is 1.28 bits per heavy atom. The quantitative estimate of drug-likeness (QED) is 0.380. The summed E-state index contributed by atoms with van der Waals surface area (Å²) in [5, 5.41) is 20.9. The fourth-order valence-corrected chi connectivity index (χ4v) is 4.23. The SMILES string of the molecule is Cc1ccc(N2C(=O)[C@H]3[C@H](C2=O)[C@@]2(CO)C=C[C@@]3(C)O2)cc1[N+](=O)[O-]. The summed E-state index contributed by atoms with van der Waals surface area (Å²) in [6, 6.07) is 4.26. The minimum Gasteiger partial charge on any atom is -0.393 e. The molecule has 0 aliphatic carbocycles. The van der Waals surface area contributed by atoms with Crippen LogP contribution >= 0.6 is 0 Å². The molecule has 0 radical (unpaired) electrons. The number of amides is 2. The van der Waals surface area contributed by atoms with Gasteiger partial charge in [-0.25, -0.2) is 4.90 Å². The van der Waals surface area contributed by atoms with Crippen LogP contribution in [0.1, 0.15) is 12.5 Å². The van der Waals surface area contributed by atoms with Crippen LogP contribution in [0.25, 0.3) is 0 Å². The molecule has 2 saturated heterocycles. The van der Waals surface area contributed by atoms with Crippen LogP contribution in [0, 0.1) is 28.9 Å². The predicted molar refractivity (Wildman–Crippen MR) is 85.8 cm³/mol. The smallest absolute Gasteiger partial charge is 0.274 e. The van der Waals surface area contributed by atoms with Gasteiger partial charge in [0.1, 0.15) is 5.60 Å². The van der Waals surface area contributed by atoms with Crippen LogP contribution in [0.4, 0.5) is 11.4 Å². The number of ether oxygens (including phenoxy) is 1. The van der Waals surface area contributed by atoms with Crippen LogP contribution in [0.3, 0.4) is 0 Å². The summed E-state index contributed by atoms with van der Waals surface area (Å²) in [4.78, 5) is 37.5. The first kappa shape index (κ1) is 15.9. The lowest BCUT2D eigenvalue weighted by atomic mass is 9.73. The summed E-state index contributed by atoms with van der Waals surface area (Å²) in [6.45, 7) is 2.88. The van der Waals surface area contributed by atoms with Crippen molar-refractivity contribution in [3.8, 4) is 0 Å². The molecule has 0 unspecified atom stereocenters. The number of aliphatic hydroxyl groups is 1. The first-order valence-electron chi connectivity index (χ1n) is 7.88. The standard InChI is InChI=1S/C17H16N2O6/c1-9-3-4-10(7-11(9)19(23)24)18-14(21)12-13(15(18)22)17(8-20)6-5-16(12,2)25-17/h3-7,12-13,20H,8H2,1-2H3/t12-,13-,16-,17+/m1/s1. The number of aliphatic hydroxyl groups excluding tert-OH is 1. The molecule has 130 valence electrons. The molecule has 0 aromatic heterocycles. The maximum absolute atomic E-state index is 13.0. The number of aryl methyl sites for hydroxylation is 1. The second-order valence-electron chi connectivity index (χ2n) is 6.93. The van der Waals surface area contributed by atoms with Gasteiger partial charge in [0.15, 0.2) is 0 Å². The Hall–Kier alpha value is -2.58. The van der Waals surface area contributed by atoms with Crippen molar-refractivity contribution in [2.24, 2.45) is 11.8 Å². The number of rotatable bonds is 3. The third kappa shape index (κ3) is 1.83. The number of hydrogen-bond donors (Lipinski definition) is 1. The largest absolute Gasteiger partial charge is 0.393 e. The molecule has 1 aromatic carbocycles. The Bertz CT molecular complexity index is 865. The highest BCUT2D eigenvalue weighted by Gasteiger charge is 2.72. The van der Waals surface area contributed by atoms with Crippen LogP contribution in [-0.4, -0.2) is 39.7 Å². The van der Waals surface area contributed by atoms with Crippen molar-refractivity contribution >= 4 is 23.2 Å². The monoisotopic (exact) mass is 344 g/mol. The van der Waals surface area contributed by atoms with E-state index in [1.54, 1.807) is 26.0 Å². The molecule has 2 bridgehead atoms. The molecule has 1 aromatic rings. The number of anilines is 1. The number of nitro groups is 1. The van der Waals surface area contributed by atoms with Gasteiger partial charge in [0.2, 0.25) is 11.8 Å². The lowest BCUT2D eigenvalue weighted by Gasteiger charge is -2.26. The number of carbonyl (C=O) groups is 2. The summed E-state index contributed by atoms with van der Waals surface area (Å²) in [7, 11) is 0. The zero-order valence-electron chi connectivity index (χ0n) is 13.6. The van der Waals surface area contributed by atoms with E-state index < -0.39 is 46.4 Å². The van der Waals surface area contributed by atoms with Crippen LogP contribution in [0.5, 0.6) is 0 Å². The van der Waals surface area contributed by atoms with Crippen LogP contribution in [0.2, 0.25) is 0 Å². The second kappa shape index (κ2) is 4.74. The average Bonchev–Trinajstić information content (AvgIpc) is 3.14. The molecule has 25 heavy (non-hydrogen) atoms. The zero-order chi connectivity index (χ0) is 18.1. The molecule has 8 nitrogen and oxygen atoms in total. The summed E-state index contributed by atoms with van der Waals surface area (Å²) in [5.41, 5.74) is -1.73. The highest BCUT2D eigenvalue weighted by Crippen LogP contribution is 2.57. The third-order valence-electron chi connectivity index (χ3n) is 5.45. The van der Waals surface area contributed by atoms with E-state index in [2.05, 4.69) is 0 Å². The Morgan fingerprint density at radius 3 is 2.60 bits per heavy atom. The van der Waals surface area contributed by atoms with Gasteiger partial charge in [-0.3, -0.25) is 19.7 Å². The van der Waals surface area contributed by atoms with E-state index in [1.807, 2.05) is 0 Å². The van der Waals surface area contributed by atoms with Crippen molar-refractivity contribution in [1.29, 1.82) is 0 Å². The van der Waals surface area contributed by atoms with E-state index in [-0.39, 0.29) is 11.4 Å². The first-order valence-corrected chi connectivity index (χ1v) is 7.88. The maximum atomic E-state index is 13.0. The van der Waals surface area contributed by atoms with Gasteiger partial charge in [-0.2, -0.15) is 0 Å². The van der Waals surface area contributed by atoms with Gasteiger partial charge in [0.05, 0.1) is 34.7 Å². The fraction of sp³-hybridized carbons (Fsp3) is 0.412. The van der Waals surface area contributed by atoms with Crippen LogP contribution in [-0.2, 0) is 14.3 Å². The molecule has 0 saturated carbocycles. The molecule has 3 aliphatic rings. The molecule has 3 aliphatic heterocycles. The van der Waals surface area contributed by atoms with E-state index in [0.717, 1.165) is 4.90 Å². The number of imide groups is 1. The lowest BCUT2D eigenvalue weighted by molar-refractivity contribution is -0.385. The normalized spacial score (nSPS) is 35.6. The summed E-state index contributed by atoms with van der Waals surface area (Å²) in [6.07, 6.45) is 3.34. The molecule has 2 amide bonds. The number of fused-ring (bicyclic) bond motifs is 5. The van der Waals surface area contributed by atoms with Crippen LogP contribution in [0.15, 0.2) is 30.4 Å². The van der Waals surface area contributed by atoms with E-state index >= 15 is 0 Å². The van der Waals surface area contributed by atoms with Gasteiger partial charge in [-0.15, -0.1) is 0 Å². The molecule has 2 fully saturated rings. The first-order chi connectivity index (χ1) is 11.7. The van der Waals surface area contributed by atoms with Crippen molar-refractivity contribution in [2.75, 3.05) is 11.5 Å². The highest BCUT2D eigenvalue weighted by atomic mass is 16.6. The molecular weight excluding hydrogens is 328 g/mol. The van der Waals surface area contributed by atoms with E-state index in [4.69, 9.17) is 4.74 Å². The third-order valence-corrected chi connectivity index (χ3v) is 5.45. The van der Waals surface area contributed by atoms with Gasteiger partial charge < -0.3 is 9.84 Å². The topological polar surface area (TPSA) is 110 Å². The Morgan fingerprint density at radius 2 is 1.96 bits per heavy atom. The van der Waals surface area contributed by atoms with Crippen molar-refractivity contribution < 1.29 is 24.4 Å². The van der Waals surface area contributed by atoms with E-state index in [1.165, 1.54) is 18.2 Å². The summed E-state index contributed by atoms with van der Waals surface area (Å²) < 4.78 is 5.83. The Labute approximate surface area is 142 Å². The van der Waals surface area contributed by atoms with Gasteiger partial charge >= 0.3 is 0 Å². The molecule has 0 spiro atoms. The van der Waals surface area contributed by atoms with Gasteiger partial charge in [0.25, 0.3) is 5.69 Å². The number of hydrogen-bond acceptors (Lipinski definition) is 6. The Balaban J connectivity index is 1.81. The fourth-order valence-electron chi connectivity index (χ4n) is 4.23. The minimum atomic E-state index is -1.21. The number of nitro benzene ring substituents is 1. The van der Waals surface area contributed by atoms with E-state index in [0.29, 0.717) is 5.56 Å². The van der Waals surface area contributed by atoms with Crippen molar-refractivity contribution in [3.05, 3.63) is 46.0 Å². The highest BCUT2D eigenvalue weighted by molar-refractivity contribution is 6.23. The average molecular weight is 344 g/mol. The lowest BCUT2D eigenvalue weighted by Crippen LogP contribution is -2.43. The molecule has 4 atom stereocenters. The molecule has 3 heterocycles. The summed E-state index contributed by atoms with van der Waals surface area (Å²) in [5.74, 6) is -2.55. The molecule has 8 heteroatoms. The molecule has 4 rings (SSSR count). The van der Waals surface area contributed by atoms with E-state index in [9.17, 15) is 24.8 Å². The number of benzene rings is 1. The molecule has 1 N–H and O–H groups in total. The van der Waals surface area contributed by atoms with Crippen molar-refractivity contribution in [1.82, 2.24) is 0 Å². The maximum Gasteiger partial charge on any atom is 0.274 e. The zero-order valence-corrected chi connectivity index (χ0v) is 13.6. The molecular formula is C17H16N2O6. The van der Waals surface area contributed by atoms with Gasteiger partial charge in [-0.05, 0) is 19.9 Å². The van der Waals surface area contributed by atoms with Crippen molar-refractivity contribution in [3.63, 3.8) is 0 Å². The predicted octanol–water partition coefficient (Wildman–Crippen LogP) is 1.10. The summed E-state index contributed by atoms with van der Waals surface area (Å²) >= 11 is 0. The van der Waals surface area contributed by atoms with Gasteiger partial charge in [0, 0.05) is 11.6 Å². The minimum absolute atomic E-state index is 0.157. The second-order valence-corrected chi connectivity index (χ2v) is 6.93.